The van der Waals surface area contributed by atoms with Crippen LogP contribution in [0, 0.1) is 0 Å². The first kappa shape index (κ1) is 11.9. The van der Waals surface area contributed by atoms with Gasteiger partial charge in [0.2, 0.25) is 0 Å². The molecular weight excluding hydrogens is 230 g/mol. The summed E-state index contributed by atoms with van der Waals surface area (Å²) in [6.07, 6.45) is 1.60. The summed E-state index contributed by atoms with van der Waals surface area (Å²) < 4.78 is 46.0. The van der Waals surface area contributed by atoms with Crippen molar-refractivity contribution in [3.05, 3.63) is 23.3 Å². The van der Waals surface area contributed by atoms with E-state index >= 15 is 0 Å². The lowest BCUT2D eigenvalue weighted by atomic mass is 10.4. The largest absolute Gasteiger partial charge is 0.465 e. The molecule has 0 aromatic heterocycles. The maximum absolute atomic E-state index is 13.0. The SMILES string of the molecule is COC(=O)C=NP1CC=C(F)C(F)=C1F. The van der Waals surface area contributed by atoms with E-state index in [0.717, 1.165) is 19.4 Å². The number of esters is 1. The van der Waals surface area contributed by atoms with Crippen LogP contribution in [0.1, 0.15) is 0 Å². The molecule has 1 unspecified atom stereocenters. The van der Waals surface area contributed by atoms with Crippen LogP contribution in [0.5, 0.6) is 0 Å². The summed E-state index contributed by atoms with van der Waals surface area (Å²) in [5.41, 5.74) is -1.25. The maximum atomic E-state index is 13.0. The van der Waals surface area contributed by atoms with Gasteiger partial charge in [0, 0.05) is 6.16 Å². The van der Waals surface area contributed by atoms with Crippen molar-refractivity contribution in [2.45, 2.75) is 0 Å². The smallest absolute Gasteiger partial charge is 0.349 e. The molecular formula is C8H7F3NO2P. The van der Waals surface area contributed by atoms with Crippen LogP contribution in [-0.4, -0.2) is 25.5 Å². The van der Waals surface area contributed by atoms with Crippen molar-refractivity contribution < 1.29 is 22.7 Å². The second-order valence-electron chi connectivity index (χ2n) is 2.51. The van der Waals surface area contributed by atoms with Crippen LogP contribution in [0.4, 0.5) is 13.2 Å². The van der Waals surface area contributed by atoms with Gasteiger partial charge in [-0.25, -0.2) is 18.0 Å². The van der Waals surface area contributed by atoms with Gasteiger partial charge in [0.15, 0.2) is 17.2 Å². The van der Waals surface area contributed by atoms with E-state index in [2.05, 4.69) is 9.50 Å². The number of rotatable bonds is 2. The molecule has 0 aliphatic carbocycles. The lowest BCUT2D eigenvalue weighted by Gasteiger charge is -2.12. The third kappa shape index (κ3) is 2.89. The van der Waals surface area contributed by atoms with Gasteiger partial charge in [-0.1, -0.05) is 0 Å². The number of nitrogens with zero attached hydrogens (tertiary/aromatic N) is 1. The van der Waals surface area contributed by atoms with Gasteiger partial charge in [0.1, 0.15) is 6.21 Å². The van der Waals surface area contributed by atoms with Crippen LogP contribution in [0.3, 0.4) is 0 Å². The van der Waals surface area contributed by atoms with Gasteiger partial charge < -0.3 is 4.74 Å². The van der Waals surface area contributed by atoms with Crippen LogP contribution in [0.25, 0.3) is 0 Å². The molecule has 15 heavy (non-hydrogen) atoms. The van der Waals surface area contributed by atoms with Gasteiger partial charge in [0.25, 0.3) is 0 Å². The number of halogens is 3. The molecule has 1 aliphatic heterocycles. The van der Waals surface area contributed by atoms with Gasteiger partial charge in [-0.2, -0.15) is 0 Å². The van der Waals surface area contributed by atoms with Crippen molar-refractivity contribution in [3.8, 4) is 0 Å². The summed E-state index contributed by atoms with van der Waals surface area (Å²) in [6, 6.07) is 0. The highest BCUT2D eigenvalue weighted by Crippen LogP contribution is 2.52. The Morgan fingerprint density at radius 2 is 2.27 bits per heavy atom. The second-order valence-corrected chi connectivity index (χ2v) is 4.29. The van der Waals surface area contributed by atoms with Gasteiger partial charge in [-0.05, 0) is 6.08 Å². The summed E-state index contributed by atoms with van der Waals surface area (Å²) in [6.45, 7) is 0. The van der Waals surface area contributed by atoms with Crippen molar-refractivity contribution in [1.29, 1.82) is 0 Å². The number of hydrogen-bond acceptors (Lipinski definition) is 3. The normalized spacial score (nSPS) is 21.9. The predicted octanol–water partition coefficient (Wildman–Crippen LogP) is 2.60. The van der Waals surface area contributed by atoms with Crippen molar-refractivity contribution >= 4 is 20.3 Å². The van der Waals surface area contributed by atoms with E-state index in [-0.39, 0.29) is 6.16 Å². The molecule has 82 valence electrons. The zero-order valence-electron chi connectivity index (χ0n) is 7.71. The average molecular weight is 237 g/mol. The number of carbonyl (C=O) groups is 1. The molecule has 0 aromatic carbocycles. The van der Waals surface area contributed by atoms with E-state index in [1.54, 1.807) is 0 Å². The fourth-order valence-electron chi connectivity index (χ4n) is 0.816. The van der Waals surface area contributed by atoms with Gasteiger partial charge in [-0.3, -0.25) is 4.76 Å². The number of hydrogen-bond donors (Lipinski definition) is 0. The molecule has 0 N–H and O–H groups in total. The standard InChI is InChI=1S/C8H7F3NO2P/c1-14-6(13)4-12-15-3-2-5(9)7(10)8(15)11/h2,4H,3H2,1H3. The molecule has 1 rings (SSSR count). The van der Waals surface area contributed by atoms with Gasteiger partial charge >= 0.3 is 5.97 Å². The monoisotopic (exact) mass is 237 g/mol. The molecule has 3 nitrogen and oxygen atoms in total. The van der Waals surface area contributed by atoms with Crippen LogP contribution >= 0.6 is 8.07 Å². The molecule has 1 aliphatic rings. The first-order chi connectivity index (χ1) is 7.06. The maximum Gasteiger partial charge on any atom is 0.349 e. The molecule has 0 saturated heterocycles. The third-order valence-electron chi connectivity index (χ3n) is 1.56. The van der Waals surface area contributed by atoms with Crippen LogP contribution < -0.4 is 0 Å². The molecule has 0 fully saturated rings. The lowest BCUT2D eigenvalue weighted by Crippen LogP contribution is -2.01. The number of allylic oxidation sites excluding steroid dienone is 3. The summed E-state index contributed by atoms with van der Waals surface area (Å²) in [5, 5.41) is 0. The van der Waals surface area contributed by atoms with Crippen molar-refractivity contribution in [2.75, 3.05) is 13.3 Å². The quantitative estimate of drug-likeness (QED) is 0.420. The Labute approximate surface area is 85.1 Å². The Balaban J connectivity index is 2.76. The number of ether oxygens (including phenoxy) is 1. The van der Waals surface area contributed by atoms with Crippen molar-refractivity contribution in [3.63, 3.8) is 0 Å². The van der Waals surface area contributed by atoms with Crippen molar-refractivity contribution in [2.24, 2.45) is 4.76 Å². The van der Waals surface area contributed by atoms with E-state index in [0.29, 0.717) is 0 Å². The van der Waals surface area contributed by atoms with Crippen LogP contribution in [-0.2, 0) is 9.53 Å². The first-order valence-corrected chi connectivity index (χ1v) is 5.35. The number of carbonyl (C=O) groups excluding carboxylic acids is 1. The Morgan fingerprint density at radius 1 is 1.60 bits per heavy atom. The van der Waals surface area contributed by atoms with Gasteiger partial charge in [0.05, 0.1) is 15.2 Å². The van der Waals surface area contributed by atoms with Crippen LogP contribution in [0.15, 0.2) is 28.1 Å². The highest BCUT2D eigenvalue weighted by molar-refractivity contribution is 7.60. The topological polar surface area (TPSA) is 38.7 Å². The van der Waals surface area contributed by atoms with E-state index in [1.165, 1.54) is 0 Å². The Kier molecular flexibility index (Phi) is 4.03. The van der Waals surface area contributed by atoms with E-state index in [4.69, 9.17) is 0 Å². The molecule has 0 saturated carbocycles. The van der Waals surface area contributed by atoms with E-state index in [9.17, 15) is 18.0 Å². The Bertz CT molecular complexity index is 365. The van der Waals surface area contributed by atoms with E-state index in [1.807, 2.05) is 0 Å². The minimum atomic E-state index is -1.85. The van der Waals surface area contributed by atoms with Crippen molar-refractivity contribution in [1.82, 2.24) is 0 Å². The molecule has 1 heterocycles. The summed E-state index contributed by atoms with van der Waals surface area (Å²) in [5.74, 6) is -3.52. The number of methoxy groups -OCH3 is 1. The minimum absolute atomic E-state index is 0.0616. The third-order valence-corrected chi connectivity index (χ3v) is 3.14. The van der Waals surface area contributed by atoms with E-state index < -0.39 is 31.3 Å². The summed E-state index contributed by atoms with van der Waals surface area (Å²) in [4.78, 5) is 10.6. The fourth-order valence-corrected chi connectivity index (χ4v) is 2.07. The van der Waals surface area contributed by atoms with Gasteiger partial charge in [-0.15, -0.1) is 0 Å². The highest BCUT2D eigenvalue weighted by Gasteiger charge is 2.25. The lowest BCUT2D eigenvalue weighted by molar-refractivity contribution is -0.132. The van der Waals surface area contributed by atoms with Crippen LogP contribution in [0.2, 0.25) is 0 Å². The average Bonchev–Trinajstić information content (AvgIpc) is 2.24. The fraction of sp³-hybridized carbons (Fsp3) is 0.250. The zero-order chi connectivity index (χ0) is 11.4. The highest BCUT2D eigenvalue weighted by atomic mass is 31.1. The summed E-state index contributed by atoms with van der Waals surface area (Å²) in [7, 11) is -0.713. The Hall–Kier alpha value is -1.16. The molecule has 0 bridgehead atoms. The molecule has 0 spiro atoms. The molecule has 0 amide bonds. The minimum Gasteiger partial charge on any atom is -0.465 e. The summed E-state index contributed by atoms with van der Waals surface area (Å²) >= 11 is 0. The second kappa shape index (κ2) is 5.07. The first-order valence-electron chi connectivity index (χ1n) is 3.87. The molecule has 0 radical (unpaired) electrons. The Morgan fingerprint density at radius 3 is 2.87 bits per heavy atom. The zero-order valence-corrected chi connectivity index (χ0v) is 8.60. The predicted molar refractivity (Wildman–Crippen MR) is 50.7 cm³/mol. The molecule has 7 heteroatoms. The molecule has 0 aromatic rings. The molecule has 1 atom stereocenters.